The van der Waals surface area contributed by atoms with E-state index in [0.29, 0.717) is 11.2 Å². The van der Waals surface area contributed by atoms with Crippen molar-refractivity contribution in [1.29, 1.82) is 0 Å². The zero-order chi connectivity index (χ0) is 13.4. The van der Waals surface area contributed by atoms with Crippen molar-refractivity contribution in [1.82, 2.24) is 14.6 Å². The summed E-state index contributed by atoms with van der Waals surface area (Å²) in [7, 11) is 1.36. The first kappa shape index (κ1) is 11.9. The molecule has 0 radical (unpaired) electrons. The van der Waals surface area contributed by atoms with E-state index in [1.54, 1.807) is 34.1 Å². The van der Waals surface area contributed by atoms with Gasteiger partial charge in [0.1, 0.15) is 0 Å². The molecule has 0 bridgehead atoms. The second-order valence-electron chi connectivity index (χ2n) is 4.07. The quantitative estimate of drug-likeness (QED) is 0.673. The Labute approximate surface area is 113 Å². The minimum atomic E-state index is -0.371. The maximum atomic E-state index is 11.6. The van der Waals surface area contributed by atoms with Crippen LogP contribution in [0.3, 0.4) is 0 Å². The molecule has 96 valence electrons. The first-order valence-corrected chi connectivity index (χ1v) is 6.50. The molecule has 19 heavy (non-hydrogen) atoms. The van der Waals surface area contributed by atoms with E-state index in [-0.39, 0.29) is 5.97 Å². The number of rotatable bonds is 2. The number of esters is 1. The normalized spacial score (nSPS) is 10.8. The van der Waals surface area contributed by atoms with Gasteiger partial charge in [0.2, 0.25) is 0 Å². The molecule has 0 unspecified atom stereocenters. The molecule has 0 aromatic carbocycles. The lowest BCUT2D eigenvalue weighted by Crippen LogP contribution is -2.03. The monoisotopic (exact) mass is 273 g/mol. The molecule has 0 aliphatic carbocycles. The fourth-order valence-electron chi connectivity index (χ4n) is 1.85. The molecule has 3 aromatic rings. The molecule has 5 nitrogen and oxygen atoms in total. The number of fused-ring (bicyclic) bond motifs is 1. The smallest absolute Gasteiger partial charge is 0.339 e. The van der Waals surface area contributed by atoms with Crippen LogP contribution < -0.4 is 0 Å². The van der Waals surface area contributed by atoms with Gasteiger partial charge in [-0.1, -0.05) is 0 Å². The highest BCUT2D eigenvalue weighted by Gasteiger charge is 2.12. The minimum absolute atomic E-state index is 0.371. The van der Waals surface area contributed by atoms with Gasteiger partial charge in [-0.3, -0.25) is 4.40 Å². The Morgan fingerprint density at radius 1 is 1.26 bits per heavy atom. The molecule has 0 saturated carbocycles. The van der Waals surface area contributed by atoms with Crippen LogP contribution in [0.4, 0.5) is 0 Å². The Balaban J connectivity index is 2.18. The lowest BCUT2D eigenvalue weighted by molar-refractivity contribution is 0.0600. The second kappa shape index (κ2) is 4.47. The van der Waals surface area contributed by atoms with Crippen LogP contribution in [0, 0.1) is 6.92 Å². The number of aryl methyl sites for hydroxylation is 1. The van der Waals surface area contributed by atoms with Crippen LogP contribution in [0.1, 0.15) is 15.2 Å². The second-order valence-corrected chi connectivity index (χ2v) is 5.36. The van der Waals surface area contributed by atoms with Crippen LogP contribution in [0.25, 0.3) is 16.3 Å². The number of hydrogen-bond donors (Lipinski definition) is 0. The Morgan fingerprint density at radius 2 is 2.11 bits per heavy atom. The van der Waals surface area contributed by atoms with Crippen molar-refractivity contribution in [3.63, 3.8) is 0 Å². The van der Waals surface area contributed by atoms with Gasteiger partial charge in [0.15, 0.2) is 11.5 Å². The molecule has 6 heteroatoms. The van der Waals surface area contributed by atoms with Crippen molar-refractivity contribution < 1.29 is 9.53 Å². The zero-order valence-corrected chi connectivity index (χ0v) is 11.3. The molecule has 3 rings (SSSR count). The highest BCUT2D eigenvalue weighted by molar-refractivity contribution is 7.15. The van der Waals surface area contributed by atoms with Crippen molar-refractivity contribution in [3.05, 3.63) is 40.9 Å². The number of carbonyl (C=O) groups is 1. The molecular formula is C13H11N3O2S. The third-order valence-electron chi connectivity index (χ3n) is 2.78. The lowest BCUT2D eigenvalue weighted by Gasteiger charge is -2.01. The maximum absolute atomic E-state index is 11.6. The van der Waals surface area contributed by atoms with Crippen LogP contribution in [0.5, 0.6) is 0 Å². The lowest BCUT2D eigenvalue weighted by atomic mass is 10.3. The standard InChI is InChI=1S/C13H11N3O2S/c1-8-3-5-10(19-8)12-15-14-11-6-4-9(7-16(11)12)13(17)18-2/h3-7H,1-2H3. The summed E-state index contributed by atoms with van der Waals surface area (Å²) in [6.45, 7) is 2.04. The summed E-state index contributed by atoms with van der Waals surface area (Å²) < 4.78 is 6.52. The number of methoxy groups -OCH3 is 1. The molecule has 0 spiro atoms. The third kappa shape index (κ3) is 2.00. The van der Waals surface area contributed by atoms with Gasteiger partial charge < -0.3 is 4.74 Å². The Bertz CT molecular complexity index is 760. The van der Waals surface area contributed by atoms with E-state index in [9.17, 15) is 4.79 Å². The number of aromatic nitrogens is 3. The summed E-state index contributed by atoms with van der Waals surface area (Å²) in [5.74, 6) is 0.364. The first-order chi connectivity index (χ1) is 9.19. The number of thiophene rings is 1. The van der Waals surface area contributed by atoms with E-state index >= 15 is 0 Å². The van der Waals surface area contributed by atoms with Gasteiger partial charge in [0.05, 0.1) is 17.6 Å². The highest BCUT2D eigenvalue weighted by atomic mass is 32.1. The van der Waals surface area contributed by atoms with E-state index in [0.717, 1.165) is 10.7 Å². The van der Waals surface area contributed by atoms with Crippen LogP contribution in [0.15, 0.2) is 30.5 Å². The summed E-state index contributed by atoms with van der Waals surface area (Å²) in [5.41, 5.74) is 1.18. The largest absolute Gasteiger partial charge is 0.465 e. The van der Waals surface area contributed by atoms with Gasteiger partial charge in [-0.15, -0.1) is 21.5 Å². The van der Waals surface area contributed by atoms with Crippen molar-refractivity contribution in [2.75, 3.05) is 7.11 Å². The summed E-state index contributed by atoms with van der Waals surface area (Å²) in [6.07, 6.45) is 1.70. The van der Waals surface area contributed by atoms with Crippen molar-refractivity contribution in [2.45, 2.75) is 6.92 Å². The van der Waals surface area contributed by atoms with Crippen LogP contribution >= 0.6 is 11.3 Å². The molecule has 0 amide bonds. The van der Waals surface area contributed by atoms with Crippen molar-refractivity contribution >= 4 is 23.0 Å². The topological polar surface area (TPSA) is 56.5 Å². The molecule has 3 aromatic heterocycles. The summed E-state index contributed by atoms with van der Waals surface area (Å²) >= 11 is 1.64. The molecule has 0 N–H and O–H groups in total. The Hall–Kier alpha value is -2.21. The molecule has 0 saturated heterocycles. The number of carbonyl (C=O) groups excluding carboxylic acids is 1. The van der Waals surface area contributed by atoms with E-state index < -0.39 is 0 Å². The molecular weight excluding hydrogens is 262 g/mol. The fourth-order valence-corrected chi connectivity index (χ4v) is 2.70. The molecule has 0 aliphatic heterocycles. The fraction of sp³-hybridized carbons (Fsp3) is 0.154. The Morgan fingerprint density at radius 3 is 2.79 bits per heavy atom. The number of pyridine rings is 1. The van der Waals surface area contributed by atoms with E-state index in [1.807, 2.05) is 19.1 Å². The number of ether oxygens (including phenoxy) is 1. The van der Waals surface area contributed by atoms with Gasteiger partial charge in [-0.25, -0.2) is 4.79 Å². The number of nitrogens with zero attached hydrogens (tertiary/aromatic N) is 3. The van der Waals surface area contributed by atoms with Crippen LogP contribution in [0.2, 0.25) is 0 Å². The highest BCUT2D eigenvalue weighted by Crippen LogP contribution is 2.26. The van der Waals surface area contributed by atoms with E-state index in [1.165, 1.54) is 12.0 Å². The van der Waals surface area contributed by atoms with Crippen molar-refractivity contribution in [2.24, 2.45) is 0 Å². The minimum Gasteiger partial charge on any atom is -0.465 e. The SMILES string of the molecule is COC(=O)c1ccc2nnc(-c3ccc(C)s3)n2c1. The average Bonchev–Trinajstić information content (AvgIpc) is 3.02. The van der Waals surface area contributed by atoms with E-state index in [2.05, 4.69) is 10.2 Å². The summed E-state index contributed by atoms with van der Waals surface area (Å²) in [5, 5.41) is 8.27. The van der Waals surface area contributed by atoms with Gasteiger partial charge in [-0.05, 0) is 31.2 Å². The maximum Gasteiger partial charge on any atom is 0.339 e. The summed E-state index contributed by atoms with van der Waals surface area (Å²) in [6, 6.07) is 7.47. The van der Waals surface area contributed by atoms with Crippen LogP contribution in [-0.4, -0.2) is 27.7 Å². The molecule has 0 atom stereocenters. The van der Waals surface area contributed by atoms with Crippen molar-refractivity contribution in [3.8, 4) is 10.7 Å². The van der Waals surface area contributed by atoms with Gasteiger partial charge >= 0.3 is 5.97 Å². The average molecular weight is 273 g/mol. The van der Waals surface area contributed by atoms with Crippen LogP contribution in [-0.2, 0) is 4.74 Å². The predicted octanol–water partition coefficient (Wildman–Crippen LogP) is 2.55. The van der Waals surface area contributed by atoms with E-state index in [4.69, 9.17) is 4.74 Å². The first-order valence-electron chi connectivity index (χ1n) is 5.69. The molecule has 0 fully saturated rings. The number of hydrogen-bond acceptors (Lipinski definition) is 5. The zero-order valence-electron chi connectivity index (χ0n) is 10.5. The Kier molecular flexibility index (Phi) is 2.79. The van der Waals surface area contributed by atoms with Gasteiger partial charge in [0, 0.05) is 11.1 Å². The van der Waals surface area contributed by atoms with Gasteiger partial charge in [-0.2, -0.15) is 0 Å². The van der Waals surface area contributed by atoms with Gasteiger partial charge in [0.25, 0.3) is 0 Å². The molecule has 3 heterocycles. The predicted molar refractivity (Wildman–Crippen MR) is 72.4 cm³/mol. The third-order valence-corrected chi connectivity index (χ3v) is 3.78. The molecule has 0 aliphatic rings. The summed E-state index contributed by atoms with van der Waals surface area (Å²) in [4.78, 5) is 13.8.